The molecule has 1 fully saturated rings. The molecule has 0 aromatic carbocycles. The lowest BCUT2D eigenvalue weighted by molar-refractivity contribution is 0.150. The Bertz CT molecular complexity index is 108. The van der Waals surface area contributed by atoms with Gasteiger partial charge in [0.05, 0.1) is 0 Å². The zero-order valence-corrected chi connectivity index (χ0v) is 8.84. The van der Waals surface area contributed by atoms with Gasteiger partial charge >= 0.3 is 0 Å². The number of piperazine rings is 1. The molecule has 2 nitrogen and oxygen atoms in total. The van der Waals surface area contributed by atoms with Crippen molar-refractivity contribution in [2.24, 2.45) is 0 Å². The van der Waals surface area contributed by atoms with Crippen molar-refractivity contribution in [3.05, 3.63) is 0 Å². The van der Waals surface area contributed by atoms with Crippen molar-refractivity contribution in [2.45, 2.75) is 19.9 Å². The molecule has 0 unspecified atom stereocenters. The van der Waals surface area contributed by atoms with Crippen molar-refractivity contribution < 1.29 is 0 Å². The number of halogens is 1. The van der Waals surface area contributed by atoms with Gasteiger partial charge in [-0.15, -0.1) is 0 Å². The van der Waals surface area contributed by atoms with Crippen molar-refractivity contribution in [1.82, 2.24) is 8.01 Å². The maximum Gasteiger partial charge on any atom is 0.0235 e. The Morgan fingerprint density at radius 2 is 2.20 bits per heavy atom. The van der Waals surface area contributed by atoms with Gasteiger partial charge in [-0.3, -0.25) is 4.90 Å². The van der Waals surface area contributed by atoms with E-state index >= 15 is 0 Å². The van der Waals surface area contributed by atoms with Gasteiger partial charge in [-0.25, -0.2) is 3.11 Å². The first kappa shape index (κ1) is 8.74. The van der Waals surface area contributed by atoms with E-state index in [9.17, 15) is 0 Å². The maximum absolute atomic E-state index is 2.52. The highest BCUT2D eigenvalue weighted by molar-refractivity contribution is 14.1. The van der Waals surface area contributed by atoms with Crippen LogP contribution < -0.4 is 0 Å². The molecule has 1 rings (SSSR count). The Kier molecular flexibility index (Phi) is 3.39. The monoisotopic (exact) mass is 254 g/mol. The average Bonchev–Trinajstić information content (AvgIpc) is 1.88. The van der Waals surface area contributed by atoms with Crippen LogP contribution in [0.1, 0.15) is 13.8 Å². The van der Waals surface area contributed by atoms with E-state index in [4.69, 9.17) is 0 Å². The second-order valence-corrected chi connectivity index (χ2v) is 4.21. The zero-order valence-electron chi connectivity index (χ0n) is 6.68. The van der Waals surface area contributed by atoms with Crippen LogP contribution in [0.25, 0.3) is 0 Å². The first-order valence-electron chi connectivity index (χ1n) is 3.88. The number of rotatable bonds is 1. The van der Waals surface area contributed by atoms with Gasteiger partial charge in [-0.2, -0.15) is 0 Å². The summed E-state index contributed by atoms with van der Waals surface area (Å²) in [5.74, 6) is 0. The van der Waals surface area contributed by atoms with E-state index in [1.54, 1.807) is 0 Å². The first-order valence-corrected chi connectivity index (χ1v) is 4.85. The van der Waals surface area contributed by atoms with Crippen molar-refractivity contribution in [3.63, 3.8) is 0 Å². The molecule has 1 saturated heterocycles. The Labute approximate surface area is 77.1 Å². The van der Waals surface area contributed by atoms with Crippen LogP contribution in [-0.4, -0.2) is 40.2 Å². The molecule has 3 heteroatoms. The fourth-order valence-corrected chi connectivity index (χ4v) is 2.21. The van der Waals surface area contributed by atoms with Crippen molar-refractivity contribution in [1.29, 1.82) is 0 Å². The van der Waals surface area contributed by atoms with E-state index in [0.29, 0.717) is 0 Å². The fourth-order valence-electron chi connectivity index (χ4n) is 1.42. The maximum atomic E-state index is 2.52. The topological polar surface area (TPSA) is 6.48 Å². The summed E-state index contributed by atoms with van der Waals surface area (Å²) >= 11 is 2.40. The van der Waals surface area contributed by atoms with Crippen LogP contribution in [0.2, 0.25) is 0 Å². The molecular weight excluding hydrogens is 239 g/mol. The molecule has 0 aromatic heterocycles. The van der Waals surface area contributed by atoms with Crippen LogP contribution in [0.3, 0.4) is 0 Å². The lowest BCUT2D eigenvalue weighted by atomic mass is 10.2. The van der Waals surface area contributed by atoms with Gasteiger partial charge in [0, 0.05) is 48.5 Å². The van der Waals surface area contributed by atoms with Gasteiger partial charge in [0.25, 0.3) is 0 Å². The van der Waals surface area contributed by atoms with E-state index in [2.05, 4.69) is 44.7 Å². The third-order valence-corrected chi connectivity index (χ3v) is 3.00. The van der Waals surface area contributed by atoms with Crippen molar-refractivity contribution >= 4 is 22.9 Å². The highest BCUT2D eigenvalue weighted by atomic mass is 127. The van der Waals surface area contributed by atoms with Gasteiger partial charge < -0.3 is 0 Å². The minimum Gasteiger partial charge on any atom is -0.298 e. The molecule has 0 radical (unpaired) electrons. The largest absolute Gasteiger partial charge is 0.298 e. The van der Waals surface area contributed by atoms with Crippen molar-refractivity contribution in [3.8, 4) is 0 Å². The van der Waals surface area contributed by atoms with Crippen molar-refractivity contribution in [2.75, 3.05) is 26.2 Å². The van der Waals surface area contributed by atoms with Gasteiger partial charge in [0.1, 0.15) is 0 Å². The molecule has 1 atom stereocenters. The molecule has 0 saturated carbocycles. The summed E-state index contributed by atoms with van der Waals surface area (Å²) in [6.45, 7) is 9.41. The summed E-state index contributed by atoms with van der Waals surface area (Å²) in [5.41, 5.74) is 0. The fraction of sp³-hybridized carbons (Fsp3) is 1.00. The SMILES string of the molecule is CCN1CCN(I)C[C@@H]1C. The lowest BCUT2D eigenvalue weighted by Crippen LogP contribution is -2.48. The number of hydrogen-bond donors (Lipinski definition) is 0. The summed E-state index contributed by atoms with van der Waals surface area (Å²) in [4.78, 5) is 2.52. The highest BCUT2D eigenvalue weighted by Gasteiger charge is 2.19. The Morgan fingerprint density at radius 1 is 1.50 bits per heavy atom. The molecule has 1 aliphatic heterocycles. The molecule has 0 N–H and O–H groups in total. The molecule has 0 spiro atoms. The first-order chi connectivity index (χ1) is 4.74. The third-order valence-electron chi connectivity index (χ3n) is 2.12. The number of likely N-dealkylation sites (N-methyl/N-ethyl adjacent to an activating group) is 1. The second-order valence-electron chi connectivity index (χ2n) is 2.85. The normalized spacial score (nSPS) is 30.9. The van der Waals surface area contributed by atoms with E-state index < -0.39 is 0 Å². The van der Waals surface area contributed by atoms with Crippen LogP contribution in [0.5, 0.6) is 0 Å². The Morgan fingerprint density at radius 3 is 2.70 bits per heavy atom. The summed E-state index contributed by atoms with van der Waals surface area (Å²) in [6.07, 6.45) is 0. The van der Waals surface area contributed by atoms with Gasteiger partial charge in [0.2, 0.25) is 0 Å². The molecule has 0 aromatic rings. The van der Waals surface area contributed by atoms with Crippen LogP contribution >= 0.6 is 22.9 Å². The number of nitrogens with zero attached hydrogens (tertiary/aromatic N) is 2. The third kappa shape index (κ3) is 2.07. The van der Waals surface area contributed by atoms with E-state index in [0.717, 1.165) is 6.04 Å². The second kappa shape index (κ2) is 3.88. The minimum absolute atomic E-state index is 0.746. The standard InChI is InChI=1S/C7H15IN2/c1-3-9-4-5-10(8)6-7(9)2/h7H,3-6H2,1-2H3/t7-/m0/s1. The quantitative estimate of drug-likeness (QED) is 0.515. The van der Waals surface area contributed by atoms with Crippen LogP contribution in [-0.2, 0) is 0 Å². The molecule has 1 heterocycles. The predicted octanol–water partition coefficient (Wildman–Crippen LogP) is 1.36. The van der Waals surface area contributed by atoms with Gasteiger partial charge in [-0.1, -0.05) is 6.92 Å². The molecule has 0 amide bonds. The van der Waals surface area contributed by atoms with E-state index in [1.807, 2.05) is 0 Å². The summed E-state index contributed by atoms with van der Waals surface area (Å²) in [7, 11) is 0. The minimum atomic E-state index is 0.746. The molecule has 0 bridgehead atoms. The summed E-state index contributed by atoms with van der Waals surface area (Å²) < 4.78 is 2.37. The van der Waals surface area contributed by atoms with Crippen LogP contribution in [0.15, 0.2) is 0 Å². The summed E-state index contributed by atoms with van der Waals surface area (Å²) in [5, 5.41) is 0. The van der Waals surface area contributed by atoms with Crippen LogP contribution in [0.4, 0.5) is 0 Å². The molecule has 60 valence electrons. The molecule has 1 aliphatic rings. The average molecular weight is 254 g/mol. The molecular formula is C7H15IN2. The Hall–Kier alpha value is 0.650. The summed E-state index contributed by atoms with van der Waals surface area (Å²) in [6, 6.07) is 0.746. The van der Waals surface area contributed by atoms with Gasteiger partial charge in [0.15, 0.2) is 0 Å². The predicted molar refractivity (Wildman–Crippen MR) is 52.3 cm³/mol. The van der Waals surface area contributed by atoms with Gasteiger partial charge in [-0.05, 0) is 13.5 Å². The van der Waals surface area contributed by atoms with E-state index in [-0.39, 0.29) is 0 Å². The smallest absolute Gasteiger partial charge is 0.0235 e. The van der Waals surface area contributed by atoms with E-state index in [1.165, 1.54) is 26.2 Å². The Balaban J connectivity index is 2.36. The molecule has 10 heavy (non-hydrogen) atoms. The molecule has 0 aliphatic carbocycles. The number of hydrogen-bond acceptors (Lipinski definition) is 2. The van der Waals surface area contributed by atoms with Crippen LogP contribution in [0, 0.1) is 0 Å². The zero-order chi connectivity index (χ0) is 7.56. The highest BCUT2D eigenvalue weighted by Crippen LogP contribution is 2.11. The lowest BCUT2D eigenvalue weighted by Gasteiger charge is -2.36.